The van der Waals surface area contributed by atoms with Crippen LogP contribution < -0.4 is 5.32 Å². The fraction of sp³-hybridized carbons (Fsp3) is 0.462. The minimum atomic E-state index is -1.32. The summed E-state index contributed by atoms with van der Waals surface area (Å²) in [4.78, 5) is 23.0. The number of nitro groups is 1. The van der Waals surface area contributed by atoms with Crippen molar-refractivity contribution in [2.45, 2.75) is 0 Å². The van der Waals surface area contributed by atoms with Gasteiger partial charge in [0, 0.05) is 24.8 Å². The first-order chi connectivity index (χ1) is 9.91. The van der Waals surface area contributed by atoms with E-state index in [9.17, 15) is 14.9 Å². The number of nitrogens with one attached hydrogen (secondary N) is 1. The van der Waals surface area contributed by atoms with Gasteiger partial charge >= 0.3 is 5.97 Å². The molecular formula is C13H19N3O5. The minimum Gasteiger partial charge on any atom is -0.477 e. The SMILES string of the molecule is CN(C)CCOCCNc1ccc(C(=O)O)c([N+](=O)[O-])c1. The summed E-state index contributed by atoms with van der Waals surface area (Å²) in [5.74, 6) is -1.32. The van der Waals surface area contributed by atoms with Crippen molar-refractivity contribution < 1.29 is 19.6 Å². The lowest BCUT2D eigenvalue weighted by atomic mass is 10.1. The second-order valence-corrected chi connectivity index (χ2v) is 4.64. The first-order valence-corrected chi connectivity index (χ1v) is 6.40. The number of ether oxygens (including phenoxy) is 1. The molecule has 0 unspecified atom stereocenters. The third-order valence-electron chi connectivity index (χ3n) is 2.68. The predicted octanol–water partition coefficient (Wildman–Crippen LogP) is 1.28. The monoisotopic (exact) mass is 297 g/mol. The number of benzene rings is 1. The summed E-state index contributed by atoms with van der Waals surface area (Å²) in [6, 6.07) is 3.93. The highest BCUT2D eigenvalue weighted by Gasteiger charge is 2.19. The predicted molar refractivity (Wildman–Crippen MR) is 77.9 cm³/mol. The van der Waals surface area contributed by atoms with Gasteiger partial charge in [0.1, 0.15) is 5.56 Å². The number of nitrogens with zero attached hydrogens (tertiary/aromatic N) is 2. The molecule has 2 N–H and O–H groups in total. The van der Waals surface area contributed by atoms with Gasteiger partial charge in [-0.3, -0.25) is 10.1 Å². The molecule has 0 heterocycles. The van der Waals surface area contributed by atoms with Crippen LogP contribution in [-0.4, -0.2) is 61.3 Å². The lowest BCUT2D eigenvalue weighted by molar-refractivity contribution is -0.385. The molecule has 116 valence electrons. The molecule has 0 aliphatic carbocycles. The highest BCUT2D eigenvalue weighted by Crippen LogP contribution is 2.23. The van der Waals surface area contributed by atoms with Crippen molar-refractivity contribution in [3.63, 3.8) is 0 Å². The van der Waals surface area contributed by atoms with E-state index < -0.39 is 16.6 Å². The number of aromatic carboxylic acids is 1. The van der Waals surface area contributed by atoms with E-state index in [2.05, 4.69) is 5.32 Å². The molecular weight excluding hydrogens is 278 g/mol. The zero-order valence-corrected chi connectivity index (χ0v) is 12.0. The van der Waals surface area contributed by atoms with Crippen LogP contribution in [0.2, 0.25) is 0 Å². The van der Waals surface area contributed by atoms with Crippen molar-refractivity contribution in [2.75, 3.05) is 45.7 Å². The second-order valence-electron chi connectivity index (χ2n) is 4.64. The van der Waals surface area contributed by atoms with E-state index >= 15 is 0 Å². The molecule has 1 aromatic carbocycles. The van der Waals surface area contributed by atoms with E-state index in [1.54, 1.807) is 0 Å². The fourth-order valence-electron chi connectivity index (χ4n) is 1.59. The molecule has 21 heavy (non-hydrogen) atoms. The molecule has 0 spiro atoms. The van der Waals surface area contributed by atoms with Gasteiger partial charge in [-0.2, -0.15) is 0 Å². The summed E-state index contributed by atoms with van der Waals surface area (Å²) < 4.78 is 5.37. The molecule has 1 rings (SSSR count). The Bertz CT molecular complexity index is 505. The van der Waals surface area contributed by atoms with Crippen molar-refractivity contribution in [1.29, 1.82) is 0 Å². The molecule has 0 aromatic heterocycles. The average Bonchev–Trinajstić information content (AvgIpc) is 2.41. The van der Waals surface area contributed by atoms with Crippen molar-refractivity contribution in [2.24, 2.45) is 0 Å². The summed E-state index contributed by atoms with van der Waals surface area (Å²) in [6.07, 6.45) is 0. The maximum atomic E-state index is 10.9. The Morgan fingerprint density at radius 2 is 2.14 bits per heavy atom. The lowest BCUT2D eigenvalue weighted by Crippen LogP contribution is -2.20. The van der Waals surface area contributed by atoms with E-state index in [1.165, 1.54) is 18.2 Å². The number of carboxylic acid groups (broad SMARTS) is 1. The van der Waals surface area contributed by atoms with E-state index in [0.717, 1.165) is 6.54 Å². The molecule has 0 atom stereocenters. The molecule has 8 nitrogen and oxygen atoms in total. The molecule has 1 aromatic rings. The highest BCUT2D eigenvalue weighted by atomic mass is 16.6. The Hall–Kier alpha value is -2.19. The fourth-order valence-corrected chi connectivity index (χ4v) is 1.59. The zero-order valence-electron chi connectivity index (χ0n) is 12.0. The van der Waals surface area contributed by atoms with Gasteiger partial charge in [0.25, 0.3) is 5.69 Å². The largest absolute Gasteiger partial charge is 0.477 e. The van der Waals surface area contributed by atoms with E-state index in [4.69, 9.17) is 9.84 Å². The van der Waals surface area contributed by atoms with Crippen molar-refractivity contribution in [1.82, 2.24) is 4.90 Å². The standard InChI is InChI=1S/C13H19N3O5/c1-15(2)6-8-21-7-5-14-10-3-4-11(13(17)18)12(9-10)16(19)20/h3-4,9,14H,5-8H2,1-2H3,(H,17,18). The summed E-state index contributed by atoms with van der Waals surface area (Å²) in [7, 11) is 3.90. The number of nitro benzene ring substituents is 1. The van der Waals surface area contributed by atoms with Crippen LogP contribution in [0.4, 0.5) is 11.4 Å². The molecule has 0 fully saturated rings. The Kier molecular flexibility index (Phi) is 6.57. The lowest BCUT2D eigenvalue weighted by Gasteiger charge is -2.11. The van der Waals surface area contributed by atoms with Crippen LogP contribution in [0.15, 0.2) is 18.2 Å². The van der Waals surface area contributed by atoms with Crippen LogP contribution in [0.25, 0.3) is 0 Å². The minimum absolute atomic E-state index is 0.326. The second kappa shape index (κ2) is 8.18. The summed E-state index contributed by atoms with van der Waals surface area (Å²) in [6.45, 7) is 2.37. The molecule has 0 amide bonds. The molecule has 0 saturated carbocycles. The normalized spacial score (nSPS) is 10.6. The van der Waals surface area contributed by atoms with Gasteiger partial charge in [-0.25, -0.2) is 4.79 Å². The van der Waals surface area contributed by atoms with E-state index in [0.29, 0.717) is 25.4 Å². The number of hydrogen-bond acceptors (Lipinski definition) is 6. The van der Waals surface area contributed by atoms with Gasteiger partial charge in [0.05, 0.1) is 18.1 Å². The topological polar surface area (TPSA) is 105 Å². The summed E-state index contributed by atoms with van der Waals surface area (Å²) in [5, 5.41) is 22.7. The van der Waals surface area contributed by atoms with Crippen molar-refractivity contribution >= 4 is 17.3 Å². The van der Waals surface area contributed by atoms with Crippen molar-refractivity contribution in [3.8, 4) is 0 Å². The van der Waals surface area contributed by atoms with Gasteiger partial charge in [-0.05, 0) is 26.2 Å². The van der Waals surface area contributed by atoms with Crippen LogP contribution >= 0.6 is 0 Å². The Balaban J connectivity index is 2.51. The van der Waals surface area contributed by atoms with Crippen LogP contribution in [0.3, 0.4) is 0 Å². The Morgan fingerprint density at radius 1 is 1.43 bits per heavy atom. The smallest absolute Gasteiger partial charge is 0.342 e. The molecule has 0 radical (unpaired) electrons. The van der Waals surface area contributed by atoms with Crippen molar-refractivity contribution in [3.05, 3.63) is 33.9 Å². The van der Waals surface area contributed by atoms with Crippen LogP contribution in [0.5, 0.6) is 0 Å². The van der Waals surface area contributed by atoms with Crippen LogP contribution in [0.1, 0.15) is 10.4 Å². The number of hydrogen-bond donors (Lipinski definition) is 2. The third-order valence-corrected chi connectivity index (χ3v) is 2.68. The first-order valence-electron chi connectivity index (χ1n) is 6.40. The molecule has 0 saturated heterocycles. The molecule has 8 heteroatoms. The Morgan fingerprint density at radius 3 is 2.71 bits per heavy atom. The molecule has 0 aliphatic heterocycles. The summed E-state index contributed by atoms with van der Waals surface area (Å²) >= 11 is 0. The first kappa shape index (κ1) is 16.9. The maximum Gasteiger partial charge on any atom is 0.342 e. The third kappa shape index (κ3) is 5.76. The number of carboxylic acids is 1. The summed E-state index contributed by atoms with van der Waals surface area (Å²) in [5.41, 5.74) is -0.267. The van der Waals surface area contributed by atoms with Gasteiger partial charge in [0.2, 0.25) is 0 Å². The molecule has 0 bridgehead atoms. The van der Waals surface area contributed by atoms with E-state index in [-0.39, 0.29) is 5.56 Å². The van der Waals surface area contributed by atoms with Gasteiger partial charge in [-0.1, -0.05) is 0 Å². The number of carbonyl (C=O) groups is 1. The van der Waals surface area contributed by atoms with Gasteiger partial charge in [-0.15, -0.1) is 0 Å². The number of likely N-dealkylation sites (N-methyl/N-ethyl adjacent to an activating group) is 1. The maximum absolute atomic E-state index is 10.9. The zero-order chi connectivity index (χ0) is 15.8. The van der Waals surface area contributed by atoms with E-state index in [1.807, 2.05) is 19.0 Å². The van der Waals surface area contributed by atoms with Crippen LogP contribution in [0, 0.1) is 10.1 Å². The number of anilines is 1. The van der Waals surface area contributed by atoms with Crippen LogP contribution in [-0.2, 0) is 4.74 Å². The Labute approximate surface area is 122 Å². The van der Waals surface area contributed by atoms with Gasteiger partial charge in [0.15, 0.2) is 0 Å². The quantitative estimate of drug-likeness (QED) is 0.402. The number of rotatable bonds is 9. The average molecular weight is 297 g/mol. The highest BCUT2D eigenvalue weighted by molar-refractivity contribution is 5.93. The van der Waals surface area contributed by atoms with Gasteiger partial charge < -0.3 is 20.1 Å². The molecule has 0 aliphatic rings.